The van der Waals surface area contributed by atoms with Crippen LogP contribution in [0.4, 0.5) is 0 Å². The smallest absolute Gasteiger partial charge is 0.320 e. The first-order valence-corrected chi connectivity index (χ1v) is 27.5. The van der Waals surface area contributed by atoms with E-state index >= 15 is 0 Å². The van der Waals surface area contributed by atoms with Crippen LogP contribution in [-0.2, 0) is 30.7 Å². The van der Waals surface area contributed by atoms with Gasteiger partial charge < -0.3 is 30.7 Å². The van der Waals surface area contributed by atoms with E-state index in [1.165, 1.54) is 96.3 Å². The molecule has 7 nitrogen and oxygen atoms in total. The molecule has 4 saturated heterocycles. The van der Waals surface area contributed by atoms with Crippen LogP contribution in [0, 0.1) is 17.8 Å². The van der Waals surface area contributed by atoms with Gasteiger partial charge in [-0.25, -0.2) is 0 Å². The quantitative estimate of drug-likeness (QED) is 0.163. The first-order chi connectivity index (χ1) is 20.1. The molecule has 4 aliphatic heterocycles. The highest BCUT2D eigenvalue weighted by atomic mass is 28.5. The zero-order valence-electron chi connectivity index (χ0n) is 26.9. The molecule has 10 unspecified atom stereocenters. The molecular weight excluding hydrogens is 597 g/mol. The molecule has 3 saturated carbocycles. The highest BCUT2D eigenvalue weighted by Crippen LogP contribution is 2.45. The van der Waals surface area contributed by atoms with Crippen LogP contribution >= 0.6 is 0 Å². The second-order valence-corrected chi connectivity index (χ2v) is 29.3. The molecule has 240 valence electrons. The number of fused-ring (bicyclic) bond motifs is 3. The Balaban J connectivity index is 1.01. The van der Waals surface area contributed by atoms with E-state index in [2.05, 4.69) is 26.2 Å². The van der Waals surface area contributed by atoms with Gasteiger partial charge in [-0.2, -0.15) is 0 Å². The fraction of sp³-hybridized carbons (Fsp3) is 1.00. The summed E-state index contributed by atoms with van der Waals surface area (Å²) in [7, 11) is -9.09. The lowest BCUT2D eigenvalue weighted by Gasteiger charge is -2.46. The maximum absolute atomic E-state index is 7.46. The monoisotopic (exact) mass is 654 g/mol. The molecule has 0 N–H and O–H groups in total. The Hall–Kier alpha value is 0.588. The molecule has 0 aromatic rings. The van der Waals surface area contributed by atoms with Crippen molar-refractivity contribution < 1.29 is 30.7 Å². The Morgan fingerprint density at radius 1 is 0.524 bits per heavy atom. The number of hydrogen-bond acceptors (Lipinski definition) is 7. The molecule has 10 atom stereocenters. The van der Waals surface area contributed by atoms with Crippen molar-refractivity contribution in [3.63, 3.8) is 0 Å². The lowest BCUT2D eigenvalue weighted by Crippen LogP contribution is -2.63. The largest absolute Gasteiger partial charge is 0.418 e. The van der Waals surface area contributed by atoms with Gasteiger partial charge in [0.1, 0.15) is 0 Å². The van der Waals surface area contributed by atoms with Gasteiger partial charge in [0.25, 0.3) is 0 Å². The van der Waals surface area contributed by atoms with Gasteiger partial charge >= 0.3 is 35.0 Å². The molecule has 42 heavy (non-hydrogen) atoms. The Kier molecular flexibility index (Phi) is 9.40. The maximum atomic E-state index is 7.46. The molecule has 4 heterocycles. The molecule has 0 amide bonds. The fourth-order valence-corrected chi connectivity index (χ4v) is 29.5. The summed E-state index contributed by atoms with van der Waals surface area (Å²) >= 11 is 0. The van der Waals surface area contributed by atoms with Crippen molar-refractivity contribution in [3.8, 4) is 0 Å². The molecule has 0 spiro atoms. The van der Waals surface area contributed by atoms with Gasteiger partial charge in [-0.05, 0) is 120 Å². The topological polar surface area (TPSA) is 74.5 Å². The predicted octanol–water partition coefficient (Wildman–Crippen LogP) is 7.18. The number of hydrogen-bond donors (Lipinski definition) is 0. The van der Waals surface area contributed by atoms with E-state index in [0.717, 1.165) is 35.9 Å². The van der Waals surface area contributed by atoms with Crippen LogP contribution in [0.25, 0.3) is 0 Å². The molecule has 0 aromatic heterocycles. The Bertz CT molecular complexity index is 905. The molecule has 3 aliphatic carbocycles. The number of epoxide rings is 3. The summed E-state index contributed by atoms with van der Waals surface area (Å²) in [4.78, 5) is 0. The minimum absolute atomic E-state index is 0.563. The van der Waals surface area contributed by atoms with Gasteiger partial charge in [0, 0.05) is 0 Å². The molecule has 0 radical (unpaired) electrons. The summed E-state index contributed by atoms with van der Waals surface area (Å²) in [5.41, 5.74) is 0. The zero-order valence-corrected chi connectivity index (χ0v) is 31.0. The van der Waals surface area contributed by atoms with E-state index in [1.54, 1.807) is 0 Å². The van der Waals surface area contributed by atoms with E-state index in [1.807, 2.05) is 0 Å². The summed E-state index contributed by atoms with van der Waals surface area (Å²) in [5.74, 6) is 2.44. The molecule has 0 bridgehead atoms. The lowest BCUT2D eigenvalue weighted by molar-refractivity contribution is 0.234. The molecule has 7 aliphatic rings. The minimum atomic E-state index is -2.49. The number of ether oxygens (including phenoxy) is 3. The fourth-order valence-electron chi connectivity index (χ4n) is 9.29. The summed E-state index contributed by atoms with van der Waals surface area (Å²) < 4.78 is 46.2. The third-order valence-corrected chi connectivity index (χ3v) is 28.0. The van der Waals surface area contributed by atoms with Crippen LogP contribution in [-0.4, -0.2) is 71.6 Å². The normalized spacial score (nSPS) is 46.9. The van der Waals surface area contributed by atoms with Gasteiger partial charge in [0.05, 0.1) is 36.6 Å². The summed E-state index contributed by atoms with van der Waals surface area (Å²) in [5, 5.41) is 0. The average Bonchev–Trinajstić information content (AvgIpc) is 3.80. The van der Waals surface area contributed by atoms with Gasteiger partial charge in [-0.15, -0.1) is 0 Å². The molecular formula is C31H58O7Si4. The van der Waals surface area contributed by atoms with Crippen molar-refractivity contribution >= 4 is 35.0 Å². The maximum Gasteiger partial charge on any atom is 0.320 e. The highest BCUT2D eigenvalue weighted by Gasteiger charge is 2.52. The van der Waals surface area contributed by atoms with E-state index in [0.29, 0.717) is 36.6 Å². The summed E-state index contributed by atoms with van der Waals surface area (Å²) in [6.45, 7) is 8.96. The second-order valence-electron chi connectivity index (χ2n) is 16.0. The van der Waals surface area contributed by atoms with Crippen molar-refractivity contribution in [2.24, 2.45) is 17.8 Å². The van der Waals surface area contributed by atoms with Crippen LogP contribution in [0.3, 0.4) is 0 Å². The standard InChI is InChI=1S/C31H58O7Si4/c1-40(2)35-39(17-5-8-23-11-14-26-29(20-23)32-26)36-42(38-41(3,4)37-40,18-6-9-24-12-15-27-30(21-24)33-27)19-7-10-25-13-16-28-31(22-25)34-28/h23-31,39H,5-22H2,1-4H3. The first-order valence-electron chi connectivity index (χ1n) is 17.8. The summed E-state index contributed by atoms with van der Waals surface area (Å²) in [6.07, 6.45) is 22.6. The molecule has 0 aromatic carbocycles. The molecule has 11 heteroatoms. The highest BCUT2D eigenvalue weighted by molar-refractivity contribution is 6.90. The Labute approximate surface area is 260 Å². The van der Waals surface area contributed by atoms with E-state index in [4.69, 9.17) is 30.7 Å². The van der Waals surface area contributed by atoms with Crippen LogP contribution in [0.2, 0.25) is 44.3 Å². The lowest BCUT2D eigenvalue weighted by atomic mass is 9.86. The van der Waals surface area contributed by atoms with Crippen molar-refractivity contribution in [3.05, 3.63) is 0 Å². The first kappa shape index (κ1) is 31.2. The third-order valence-electron chi connectivity index (χ3n) is 11.4. The molecule has 7 rings (SSSR count). The second kappa shape index (κ2) is 12.7. The third kappa shape index (κ3) is 8.29. The predicted molar refractivity (Wildman–Crippen MR) is 172 cm³/mol. The Morgan fingerprint density at radius 2 is 1.00 bits per heavy atom. The van der Waals surface area contributed by atoms with E-state index in [9.17, 15) is 0 Å². The van der Waals surface area contributed by atoms with Gasteiger partial charge in [-0.3, -0.25) is 0 Å². The summed E-state index contributed by atoms with van der Waals surface area (Å²) in [6, 6.07) is 3.31. The minimum Gasteiger partial charge on any atom is -0.418 e. The van der Waals surface area contributed by atoms with Crippen molar-refractivity contribution in [2.75, 3.05) is 0 Å². The van der Waals surface area contributed by atoms with Crippen LogP contribution in [0.5, 0.6) is 0 Å². The van der Waals surface area contributed by atoms with E-state index < -0.39 is 35.0 Å². The Morgan fingerprint density at radius 3 is 1.48 bits per heavy atom. The van der Waals surface area contributed by atoms with Crippen LogP contribution in [0.1, 0.15) is 96.3 Å². The van der Waals surface area contributed by atoms with Crippen molar-refractivity contribution in [1.82, 2.24) is 0 Å². The SMILES string of the molecule is C[Si]1(C)O[SiH](CCCC2CCC3OC3C2)O[Si](CCCC2CCC3OC3C2)(CCCC2CCC3OC3C2)O[Si](C)(C)O1. The van der Waals surface area contributed by atoms with Crippen molar-refractivity contribution in [2.45, 2.75) is 177 Å². The van der Waals surface area contributed by atoms with Gasteiger partial charge in [-0.1, -0.05) is 38.5 Å². The van der Waals surface area contributed by atoms with Crippen LogP contribution < -0.4 is 0 Å². The van der Waals surface area contributed by atoms with Crippen molar-refractivity contribution in [1.29, 1.82) is 0 Å². The van der Waals surface area contributed by atoms with Gasteiger partial charge in [0.15, 0.2) is 0 Å². The van der Waals surface area contributed by atoms with Crippen LogP contribution in [0.15, 0.2) is 0 Å². The zero-order chi connectivity index (χ0) is 29.0. The number of rotatable bonds is 12. The van der Waals surface area contributed by atoms with E-state index in [-0.39, 0.29) is 0 Å². The average molecular weight is 655 g/mol. The molecule has 7 fully saturated rings. The van der Waals surface area contributed by atoms with Gasteiger partial charge in [0.2, 0.25) is 0 Å².